The van der Waals surface area contributed by atoms with Crippen molar-refractivity contribution in [2.24, 2.45) is 0 Å². The number of ether oxygens (including phenoxy) is 1. The number of rotatable bonds is 5. The first-order chi connectivity index (χ1) is 6.79. The van der Waals surface area contributed by atoms with Crippen LogP contribution in [0.3, 0.4) is 0 Å². The maximum atomic E-state index is 5.28. The van der Waals surface area contributed by atoms with E-state index in [0.29, 0.717) is 0 Å². The van der Waals surface area contributed by atoms with Gasteiger partial charge in [0.2, 0.25) is 0 Å². The van der Waals surface area contributed by atoms with Crippen molar-refractivity contribution in [1.82, 2.24) is 5.32 Å². The normalized spacial score (nSPS) is 12.1. The van der Waals surface area contributed by atoms with E-state index >= 15 is 0 Å². The van der Waals surface area contributed by atoms with Crippen molar-refractivity contribution in [2.75, 3.05) is 13.7 Å². The molecule has 1 atom stereocenters. The second-order valence-corrected chi connectivity index (χ2v) is 3.16. The summed E-state index contributed by atoms with van der Waals surface area (Å²) in [6.45, 7) is 6.59. The highest BCUT2D eigenvalue weighted by Crippen LogP contribution is 2.23. The maximum absolute atomic E-state index is 5.28. The van der Waals surface area contributed by atoms with Gasteiger partial charge in [-0.3, -0.25) is 0 Å². The zero-order valence-corrected chi connectivity index (χ0v) is 8.79. The lowest BCUT2D eigenvalue weighted by molar-refractivity contribution is 0.403. The molecule has 0 spiro atoms. The lowest BCUT2D eigenvalue weighted by Crippen LogP contribution is -2.18. The van der Waals surface area contributed by atoms with Gasteiger partial charge in [-0.2, -0.15) is 0 Å². The van der Waals surface area contributed by atoms with Gasteiger partial charge in [-0.25, -0.2) is 0 Å². The summed E-state index contributed by atoms with van der Waals surface area (Å²) < 4.78 is 5.28. The van der Waals surface area contributed by atoms with Gasteiger partial charge in [0.25, 0.3) is 0 Å². The largest absolute Gasteiger partial charge is 0.496 e. The molecule has 0 saturated heterocycles. The molecule has 2 nitrogen and oxygen atoms in total. The zero-order valence-electron chi connectivity index (χ0n) is 8.79. The second kappa shape index (κ2) is 5.45. The maximum Gasteiger partial charge on any atom is 0.123 e. The van der Waals surface area contributed by atoms with Crippen LogP contribution in [0.1, 0.15) is 18.5 Å². The van der Waals surface area contributed by atoms with E-state index in [2.05, 4.69) is 24.9 Å². The predicted molar refractivity (Wildman–Crippen MR) is 59.6 cm³/mol. The van der Waals surface area contributed by atoms with Crippen molar-refractivity contribution in [3.05, 3.63) is 42.5 Å². The first kappa shape index (κ1) is 10.8. The average molecular weight is 191 g/mol. The topological polar surface area (TPSA) is 21.3 Å². The highest BCUT2D eigenvalue weighted by Gasteiger charge is 2.08. The molecule has 0 aliphatic carbocycles. The third-order valence-corrected chi connectivity index (χ3v) is 2.17. The molecule has 0 aromatic heterocycles. The fraction of sp³-hybridized carbons (Fsp3) is 0.333. The molecule has 1 aromatic rings. The summed E-state index contributed by atoms with van der Waals surface area (Å²) >= 11 is 0. The van der Waals surface area contributed by atoms with E-state index < -0.39 is 0 Å². The lowest BCUT2D eigenvalue weighted by atomic mass is 10.1. The molecule has 0 aliphatic rings. The van der Waals surface area contributed by atoms with Gasteiger partial charge in [0, 0.05) is 18.2 Å². The predicted octanol–water partition coefficient (Wildman–Crippen LogP) is 2.53. The van der Waals surface area contributed by atoms with Crippen molar-refractivity contribution >= 4 is 0 Å². The van der Waals surface area contributed by atoms with Crippen molar-refractivity contribution < 1.29 is 4.74 Å². The Balaban J connectivity index is 2.77. The number of benzene rings is 1. The molecule has 1 aromatic carbocycles. The van der Waals surface area contributed by atoms with Crippen molar-refractivity contribution in [2.45, 2.75) is 13.0 Å². The number of hydrogen-bond acceptors (Lipinski definition) is 2. The number of hydrogen-bond donors (Lipinski definition) is 1. The third kappa shape index (κ3) is 2.60. The van der Waals surface area contributed by atoms with E-state index in [0.717, 1.165) is 12.3 Å². The molecule has 0 aliphatic heterocycles. The Morgan fingerprint density at radius 1 is 1.50 bits per heavy atom. The summed E-state index contributed by atoms with van der Waals surface area (Å²) in [5, 5.41) is 3.33. The van der Waals surface area contributed by atoms with Crippen LogP contribution >= 0.6 is 0 Å². The van der Waals surface area contributed by atoms with Crippen LogP contribution in [-0.2, 0) is 0 Å². The van der Waals surface area contributed by atoms with Gasteiger partial charge >= 0.3 is 0 Å². The number of para-hydroxylation sites is 1. The van der Waals surface area contributed by atoms with Crippen LogP contribution in [0, 0.1) is 0 Å². The standard InChI is InChI=1S/C12H17NO/c1-4-9-13-10(2)11-7-5-6-8-12(11)14-3/h4-8,10,13H,1,9H2,2-3H3/t10-/m1/s1. The van der Waals surface area contributed by atoms with E-state index in [1.165, 1.54) is 5.56 Å². The van der Waals surface area contributed by atoms with Crippen molar-refractivity contribution in [3.63, 3.8) is 0 Å². The van der Waals surface area contributed by atoms with E-state index in [9.17, 15) is 0 Å². The van der Waals surface area contributed by atoms with Crippen molar-refractivity contribution in [1.29, 1.82) is 0 Å². The Bertz CT molecular complexity index is 296. The molecular formula is C12H17NO. The fourth-order valence-corrected chi connectivity index (χ4v) is 1.39. The molecule has 14 heavy (non-hydrogen) atoms. The summed E-state index contributed by atoms with van der Waals surface area (Å²) in [6, 6.07) is 8.32. The van der Waals surface area contributed by atoms with Crippen LogP contribution in [0.4, 0.5) is 0 Å². The molecular weight excluding hydrogens is 174 g/mol. The third-order valence-electron chi connectivity index (χ3n) is 2.17. The molecule has 1 N–H and O–H groups in total. The molecule has 76 valence electrons. The summed E-state index contributed by atoms with van der Waals surface area (Å²) in [7, 11) is 1.69. The van der Waals surface area contributed by atoms with Crippen LogP contribution in [-0.4, -0.2) is 13.7 Å². The van der Waals surface area contributed by atoms with Crippen LogP contribution in [0.15, 0.2) is 36.9 Å². The minimum absolute atomic E-state index is 0.282. The van der Waals surface area contributed by atoms with E-state index in [4.69, 9.17) is 4.74 Å². The highest BCUT2D eigenvalue weighted by atomic mass is 16.5. The molecule has 1 rings (SSSR count). The van der Waals surface area contributed by atoms with Crippen LogP contribution in [0.2, 0.25) is 0 Å². The first-order valence-electron chi connectivity index (χ1n) is 4.76. The fourth-order valence-electron chi connectivity index (χ4n) is 1.39. The minimum Gasteiger partial charge on any atom is -0.496 e. The van der Waals surface area contributed by atoms with E-state index in [1.54, 1.807) is 7.11 Å². The number of methoxy groups -OCH3 is 1. The van der Waals surface area contributed by atoms with Crippen LogP contribution in [0.5, 0.6) is 5.75 Å². The molecule has 2 heteroatoms. The Hall–Kier alpha value is -1.28. The minimum atomic E-state index is 0.282. The van der Waals surface area contributed by atoms with Crippen LogP contribution in [0.25, 0.3) is 0 Å². The van der Waals surface area contributed by atoms with Gasteiger partial charge in [0.1, 0.15) is 5.75 Å². The molecule has 0 radical (unpaired) electrons. The molecule has 0 amide bonds. The monoisotopic (exact) mass is 191 g/mol. The van der Waals surface area contributed by atoms with E-state index in [-0.39, 0.29) is 6.04 Å². The first-order valence-corrected chi connectivity index (χ1v) is 4.76. The summed E-state index contributed by atoms with van der Waals surface area (Å²) in [5.74, 6) is 0.927. The van der Waals surface area contributed by atoms with E-state index in [1.807, 2.05) is 24.3 Å². The second-order valence-electron chi connectivity index (χ2n) is 3.16. The Morgan fingerprint density at radius 3 is 2.86 bits per heavy atom. The van der Waals surface area contributed by atoms with Gasteiger partial charge in [0.05, 0.1) is 7.11 Å². The summed E-state index contributed by atoms with van der Waals surface area (Å²) in [5.41, 5.74) is 1.18. The Kier molecular flexibility index (Phi) is 4.20. The molecule has 0 saturated carbocycles. The number of nitrogens with one attached hydrogen (secondary N) is 1. The molecule has 0 heterocycles. The smallest absolute Gasteiger partial charge is 0.123 e. The van der Waals surface area contributed by atoms with Gasteiger partial charge in [-0.05, 0) is 13.0 Å². The molecule has 0 unspecified atom stereocenters. The molecule has 0 fully saturated rings. The lowest BCUT2D eigenvalue weighted by Gasteiger charge is -2.15. The quantitative estimate of drug-likeness (QED) is 0.722. The average Bonchev–Trinajstić information content (AvgIpc) is 2.25. The van der Waals surface area contributed by atoms with Crippen molar-refractivity contribution in [3.8, 4) is 5.75 Å². The Morgan fingerprint density at radius 2 is 2.21 bits per heavy atom. The van der Waals surface area contributed by atoms with Gasteiger partial charge < -0.3 is 10.1 Å². The van der Waals surface area contributed by atoms with Gasteiger partial charge in [-0.1, -0.05) is 24.3 Å². The van der Waals surface area contributed by atoms with Gasteiger partial charge in [0.15, 0.2) is 0 Å². The zero-order chi connectivity index (χ0) is 10.4. The SMILES string of the molecule is C=CCN[C@H](C)c1ccccc1OC. The van der Waals surface area contributed by atoms with Gasteiger partial charge in [-0.15, -0.1) is 6.58 Å². The summed E-state index contributed by atoms with van der Waals surface area (Å²) in [6.07, 6.45) is 1.85. The molecule has 0 bridgehead atoms. The Labute approximate surface area is 85.6 Å². The van der Waals surface area contributed by atoms with Crippen LogP contribution < -0.4 is 10.1 Å². The summed E-state index contributed by atoms with van der Waals surface area (Å²) in [4.78, 5) is 0. The highest BCUT2D eigenvalue weighted by molar-refractivity contribution is 5.35.